The quantitative estimate of drug-likeness (QED) is 0.491. The van der Waals surface area contributed by atoms with E-state index in [0.29, 0.717) is 0 Å². The maximum atomic E-state index is 13.1. The van der Waals surface area contributed by atoms with Crippen molar-refractivity contribution in [3.63, 3.8) is 0 Å². The predicted molar refractivity (Wildman–Crippen MR) is 94.8 cm³/mol. The van der Waals surface area contributed by atoms with Crippen LogP contribution in [0.5, 0.6) is 0 Å². The third-order valence-corrected chi connectivity index (χ3v) is 5.29. The normalized spacial score (nSPS) is 10.7. The fourth-order valence-electron chi connectivity index (χ4n) is 2.27. The first-order chi connectivity index (χ1) is 10.6. The summed E-state index contributed by atoms with van der Waals surface area (Å²) in [6.45, 7) is 2.08. The first kappa shape index (κ1) is 15.3. The SMILES string of the molecule is Cc1cc(Sc2ccccc2Br)cc(-c2ccc(F)cc2)c1. The molecule has 110 valence electrons. The second-order valence-electron chi connectivity index (χ2n) is 5.07. The van der Waals surface area contributed by atoms with Gasteiger partial charge in [-0.25, -0.2) is 4.39 Å². The second-order valence-corrected chi connectivity index (χ2v) is 7.04. The topological polar surface area (TPSA) is 0 Å². The van der Waals surface area contributed by atoms with Gasteiger partial charge in [-0.1, -0.05) is 42.1 Å². The van der Waals surface area contributed by atoms with Crippen LogP contribution in [0.4, 0.5) is 4.39 Å². The molecule has 0 heterocycles. The Bertz CT molecular complexity index is 797. The standard InChI is InChI=1S/C19H14BrFS/c1-13-10-15(14-6-8-16(21)9-7-14)12-17(11-13)22-19-5-3-2-4-18(19)20/h2-12H,1H3. The van der Waals surface area contributed by atoms with Crippen LogP contribution < -0.4 is 0 Å². The molecular formula is C19H14BrFS. The number of hydrogen-bond acceptors (Lipinski definition) is 1. The molecule has 0 radical (unpaired) electrons. The summed E-state index contributed by atoms with van der Waals surface area (Å²) in [6, 6.07) is 21.2. The van der Waals surface area contributed by atoms with Gasteiger partial charge in [0.2, 0.25) is 0 Å². The third-order valence-electron chi connectivity index (χ3n) is 3.29. The minimum Gasteiger partial charge on any atom is -0.207 e. The largest absolute Gasteiger partial charge is 0.207 e. The predicted octanol–water partition coefficient (Wildman–Crippen LogP) is 6.71. The van der Waals surface area contributed by atoms with Crippen molar-refractivity contribution in [3.8, 4) is 11.1 Å². The molecule has 0 spiro atoms. The average molecular weight is 373 g/mol. The Kier molecular flexibility index (Phi) is 4.65. The summed E-state index contributed by atoms with van der Waals surface area (Å²) in [5.41, 5.74) is 3.32. The molecule has 0 atom stereocenters. The van der Waals surface area contributed by atoms with Gasteiger partial charge in [0.15, 0.2) is 0 Å². The highest BCUT2D eigenvalue weighted by Crippen LogP contribution is 2.35. The summed E-state index contributed by atoms with van der Waals surface area (Å²) in [4.78, 5) is 2.35. The van der Waals surface area contributed by atoms with Gasteiger partial charge < -0.3 is 0 Å². The zero-order valence-corrected chi connectivity index (χ0v) is 14.4. The van der Waals surface area contributed by atoms with Crippen molar-refractivity contribution in [1.29, 1.82) is 0 Å². The van der Waals surface area contributed by atoms with Crippen LogP contribution in [0.15, 0.2) is 81.0 Å². The number of halogens is 2. The lowest BCUT2D eigenvalue weighted by atomic mass is 10.0. The Balaban J connectivity index is 1.96. The van der Waals surface area contributed by atoms with Gasteiger partial charge >= 0.3 is 0 Å². The van der Waals surface area contributed by atoms with Crippen molar-refractivity contribution < 1.29 is 4.39 Å². The molecule has 3 aromatic carbocycles. The summed E-state index contributed by atoms with van der Waals surface area (Å²) in [6.07, 6.45) is 0. The Hall–Kier alpha value is -1.58. The van der Waals surface area contributed by atoms with Crippen molar-refractivity contribution >= 4 is 27.7 Å². The monoisotopic (exact) mass is 372 g/mol. The molecule has 0 unspecified atom stereocenters. The Morgan fingerprint density at radius 2 is 1.59 bits per heavy atom. The van der Waals surface area contributed by atoms with Crippen LogP contribution in [0.3, 0.4) is 0 Å². The molecule has 0 saturated carbocycles. The average Bonchev–Trinajstić information content (AvgIpc) is 2.50. The van der Waals surface area contributed by atoms with Gasteiger partial charge in [0.1, 0.15) is 5.82 Å². The molecule has 0 saturated heterocycles. The highest BCUT2D eigenvalue weighted by Gasteiger charge is 2.06. The summed E-state index contributed by atoms with van der Waals surface area (Å²) < 4.78 is 14.2. The lowest BCUT2D eigenvalue weighted by Crippen LogP contribution is -1.84. The Morgan fingerprint density at radius 3 is 2.32 bits per heavy atom. The van der Waals surface area contributed by atoms with Crippen LogP contribution in [0.2, 0.25) is 0 Å². The van der Waals surface area contributed by atoms with Gasteiger partial charge in [-0.3, -0.25) is 0 Å². The molecule has 0 bridgehead atoms. The summed E-state index contributed by atoms with van der Waals surface area (Å²) in [5, 5.41) is 0. The zero-order chi connectivity index (χ0) is 15.5. The molecule has 3 heteroatoms. The van der Waals surface area contributed by atoms with Gasteiger partial charge in [-0.2, -0.15) is 0 Å². The van der Waals surface area contributed by atoms with Crippen LogP contribution in [-0.2, 0) is 0 Å². The van der Waals surface area contributed by atoms with E-state index in [1.165, 1.54) is 27.5 Å². The lowest BCUT2D eigenvalue weighted by Gasteiger charge is -2.09. The van der Waals surface area contributed by atoms with Gasteiger partial charge in [-0.05, 0) is 75.9 Å². The first-order valence-corrected chi connectivity index (χ1v) is 8.53. The van der Waals surface area contributed by atoms with E-state index in [-0.39, 0.29) is 5.82 Å². The Labute approximate surface area is 142 Å². The van der Waals surface area contributed by atoms with E-state index < -0.39 is 0 Å². The second kappa shape index (κ2) is 6.67. The van der Waals surface area contributed by atoms with Crippen molar-refractivity contribution in [2.45, 2.75) is 16.7 Å². The highest BCUT2D eigenvalue weighted by molar-refractivity contribution is 9.10. The van der Waals surface area contributed by atoms with E-state index in [4.69, 9.17) is 0 Å². The van der Waals surface area contributed by atoms with E-state index in [0.717, 1.165) is 15.6 Å². The van der Waals surface area contributed by atoms with Gasteiger partial charge in [0.25, 0.3) is 0 Å². The maximum Gasteiger partial charge on any atom is 0.123 e. The molecule has 0 fully saturated rings. The molecule has 0 aliphatic rings. The van der Waals surface area contributed by atoms with Gasteiger partial charge in [0, 0.05) is 14.3 Å². The molecule has 0 aromatic heterocycles. The lowest BCUT2D eigenvalue weighted by molar-refractivity contribution is 0.628. The van der Waals surface area contributed by atoms with E-state index in [1.807, 2.05) is 30.3 Å². The van der Waals surface area contributed by atoms with Gasteiger partial charge in [0.05, 0.1) is 0 Å². The van der Waals surface area contributed by atoms with Crippen LogP contribution in [-0.4, -0.2) is 0 Å². The molecule has 0 amide bonds. The molecule has 3 rings (SSSR count). The van der Waals surface area contributed by atoms with Crippen LogP contribution in [0.1, 0.15) is 5.56 Å². The van der Waals surface area contributed by atoms with Crippen LogP contribution in [0.25, 0.3) is 11.1 Å². The molecule has 0 aliphatic heterocycles. The van der Waals surface area contributed by atoms with E-state index in [9.17, 15) is 4.39 Å². The van der Waals surface area contributed by atoms with E-state index >= 15 is 0 Å². The molecule has 0 nitrogen and oxygen atoms in total. The van der Waals surface area contributed by atoms with E-state index in [1.54, 1.807) is 11.8 Å². The van der Waals surface area contributed by atoms with Crippen molar-refractivity contribution in [2.24, 2.45) is 0 Å². The Morgan fingerprint density at radius 1 is 0.864 bits per heavy atom. The molecule has 3 aromatic rings. The summed E-state index contributed by atoms with van der Waals surface area (Å²) >= 11 is 5.30. The zero-order valence-electron chi connectivity index (χ0n) is 12.0. The third kappa shape index (κ3) is 3.60. The first-order valence-electron chi connectivity index (χ1n) is 6.92. The molecule has 0 aliphatic carbocycles. The molecule has 0 N–H and O–H groups in total. The number of hydrogen-bond donors (Lipinski definition) is 0. The van der Waals surface area contributed by atoms with Crippen molar-refractivity contribution in [1.82, 2.24) is 0 Å². The number of rotatable bonds is 3. The van der Waals surface area contributed by atoms with Crippen molar-refractivity contribution in [3.05, 3.63) is 82.6 Å². The molecule has 22 heavy (non-hydrogen) atoms. The molecular weight excluding hydrogens is 359 g/mol. The summed E-state index contributed by atoms with van der Waals surface area (Å²) in [5.74, 6) is -0.209. The maximum absolute atomic E-state index is 13.1. The van der Waals surface area contributed by atoms with Gasteiger partial charge in [-0.15, -0.1) is 0 Å². The number of aryl methyl sites for hydroxylation is 1. The number of benzene rings is 3. The summed E-state index contributed by atoms with van der Waals surface area (Å²) in [7, 11) is 0. The smallest absolute Gasteiger partial charge is 0.123 e. The fraction of sp³-hybridized carbons (Fsp3) is 0.0526. The highest BCUT2D eigenvalue weighted by atomic mass is 79.9. The fourth-order valence-corrected chi connectivity index (χ4v) is 3.79. The van der Waals surface area contributed by atoms with Crippen LogP contribution >= 0.6 is 27.7 Å². The minimum atomic E-state index is -0.209. The van der Waals surface area contributed by atoms with Crippen LogP contribution in [0, 0.1) is 12.7 Å². The van der Waals surface area contributed by atoms with Crippen molar-refractivity contribution in [2.75, 3.05) is 0 Å². The van der Waals surface area contributed by atoms with E-state index in [2.05, 4.69) is 47.1 Å². The minimum absolute atomic E-state index is 0.209.